The van der Waals surface area contributed by atoms with E-state index >= 15 is 0 Å². The van der Waals surface area contributed by atoms with E-state index in [1.165, 1.54) is 20.4 Å². The summed E-state index contributed by atoms with van der Waals surface area (Å²) in [6.07, 6.45) is 6.29. The predicted molar refractivity (Wildman–Crippen MR) is 105 cm³/mol. The number of benzene rings is 1. The molecule has 1 aliphatic heterocycles. The minimum Gasteiger partial charge on any atom is -0.493 e. The number of esters is 1. The summed E-state index contributed by atoms with van der Waals surface area (Å²) >= 11 is 3.38. The van der Waals surface area contributed by atoms with E-state index in [9.17, 15) is 14.4 Å². The number of hydrazone groups is 1. The van der Waals surface area contributed by atoms with Crippen molar-refractivity contribution in [1.29, 1.82) is 0 Å². The number of allylic oxidation sites excluding steroid dienone is 2. The average molecular weight is 463 g/mol. The van der Waals surface area contributed by atoms with Crippen molar-refractivity contribution in [3.63, 3.8) is 0 Å². The summed E-state index contributed by atoms with van der Waals surface area (Å²) < 4.78 is 16.1. The van der Waals surface area contributed by atoms with Gasteiger partial charge in [-0.05, 0) is 30.4 Å². The highest BCUT2D eigenvalue weighted by Gasteiger charge is 2.59. The third kappa shape index (κ3) is 3.33. The Labute approximate surface area is 175 Å². The van der Waals surface area contributed by atoms with Crippen LogP contribution in [-0.2, 0) is 19.1 Å². The lowest BCUT2D eigenvalue weighted by Gasteiger charge is -2.14. The third-order valence-electron chi connectivity index (χ3n) is 5.59. The molecule has 2 aliphatic carbocycles. The molecule has 2 fully saturated rings. The lowest BCUT2D eigenvalue weighted by atomic mass is 9.85. The number of carbonyl (C=O) groups excluding carboxylic acids is 3. The van der Waals surface area contributed by atoms with E-state index in [-0.39, 0.29) is 47.8 Å². The third-order valence-corrected chi connectivity index (χ3v) is 6.05. The topological polar surface area (TPSA) is 94.5 Å². The molecule has 0 N–H and O–H groups in total. The van der Waals surface area contributed by atoms with E-state index in [2.05, 4.69) is 25.8 Å². The molecule has 4 atom stereocenters. The summed E-state index contributed by atoms with van der Waals surface area (Å²) in [6, 6.07) is 3.36. The van der Waals surface area contributed by atoms with Gasteiger partial charge in [-0.15, -0.1) is 0 Å². The number of nitrogens with zero attached hydrogens (tertiary/aromatic N) is 2. The molecule has 0 aromatic heterocycles. The lowest BCUT2D eigenvalue weighted by Crippen LogP contribution is -2.28. The number of hydrogen-bond donors (Lipinski definition) is 0. The molecule has 1 heterocycles. The van der Waals surface area contributed by atoms with Crippen LogP contribution in [0.3, 0.4) is 0 Å². The Kier molecular flexibility index (Phi) is 5.16. The molecule has 29 heavy (non-hydrogen) atoms. The zero-order valence-electron chi connectivity index (χ0n) is 15.8. The number of rotatable bonds is 6. The van der Waals surface area contributed by atoms with Crippen molar-refractivity contribution < 1.29 is 28.6 Å². The van der Waals surface area contributed by atoms with Gasteiger partial charge in [-0.25, -0.2) is 4.79 Å². The van der Waals surface area contributed by atoms with Gasteiger partial charge >= 0.3 is 5.97 Å². The van der Waals surface area contributed by atoms with Gasteiger partial charge in [0.2, 0.25) is 0 Å². The first kappa shape index (κ1) is 19.6. The summed E-state index contributed by atoms with van der Waals surface area (Å²) in [6.45, 7) is -0.323. The molecule has 1 saturated heterocycles. The number of carbonyl (C=O) groups is 3. The van der Waals surface area contributed by atoms with Crippen LogP contribution in [-0.4, -0.2) is 49.8 Å². The molecule has 0 unspecified atom stereocenters. The lowest BCUT2D eigenvalue weighted by molar-refractivity contribution is -0.143. The Morgan fingerprint density at radius 3 is 2.45 bits per heavy atom. The van der Waals surface area contributed by atoms with Crippen molar-refractivity contribution in [3.05, 3.63) is 34.3 Å². The van der Waals surface area contributed by atoms with Crippen LogP contribution in [0, 0.1) is 23.7 Å². The summed E-state index contributed by atoms with van der Waals surface area (Å²) in [5.41, 5.74) is 0.443. The number of methoxy groups -OCH3 is 2. The van der Waals surface area contributed by atoms with E-state index in [0.717, 1.165) is 11.4 Å². The largest absolute Gasteiger partial charge is 0.493 e. The van der Waals surface area contributed by atoms with Crippen LogP contribution in [0.15, 0.2) is 33.9 Å². The SMILES string of the molecule is COC(=O)COc1c(C=NN2C(=O)[C@@H]3[C@H](C2=O)[C@H]2C=C[C@H]3C2)cc(Br)cc1OC. The van der Waals surface area contributed by atoms with Crippen molar-refractivity contribution in [2.45, 2.75) is 6.42 Å². The molecule has 1 aromatic carbocycles. The van der Waals surface area contributed by atoms with Crippen molar-refractivity contribution in [2.75, 3.05) is 20.8 Å². The Balaban J connectivity index is 1.61. The molecule has 1 aromatic rings. The van der Waals surface area contributed by atoms with E-state index < -0.39 is 5.97 Å². The van der Waals surface area contributed by atoms with Crippen molar-refractivity contribution in [3.8, 4) is 11.5 Å². The molecule has 1 saturated carbocycles. The molecular weight excluding hydrogens is 444 g/mol. The first-order chi connectivity index (χ1) is 13.9. The van der Waals surface area contributed by atoms with Crippen LogP contribution in [0.25, 0.3) is 0 Å². The molecule has 4 rings (SSSR count). The summed E-state index contributed by atoms with van der Waals surface area (Å²) in [4.78, 5) is 37.0. The van der Waals surface area contributed by atoms with Crippen molar-refractivity contribution >= 4 is 39.9 Å². The van der Waals surface area contributed by atoms with Gasteiger partial charge in [0.1, 0.15) is 0 Å². The average Bonchev–Trinajstić information content (AvgIpc) is 3.39. The molecule has 8 nitrogen and oxygen atoms in total. The van der Waals surface area contributed by atoms with E-state index in [4.69, 9.17) is 9.47 Å². The minimum atomic E-state index is -0.557. The zero-order valence-corrected chi connectivity index (χ0v) is 17.4. The second kappa shape index (κ2) is 7.62. The predicted octanol–water partition coefficient (Wildman–Crippen LogP) is 2.15. The molecule has 2 amide bonds. The normalized spacial score (nSPS) is 27.1. The highest BCUT2D eigenvalue weighted by Crippen LogP contribution is 2.52. The van der Waals surface area contributed by atoms with Crippen LogP contribution >= 0.6 is 15.9 Å². The minimum absolute atomic E-state index is 0.117. The standard InChI is InChI=1S/C20H19BrN2O6/c1-27-14-7-13(21)6-12(18(14)29-9-15(24)28-2)8-22-23-19(25)16-10-3-4-11(5-10)17(16)20(23)26/h3-4,6-8,10-11,16-17H,5,9H2,1-2H3/t10-,11-,16-,17+/m0/s1. The molecular formula is C20H19BrN2O6. The summed E-state index contributed by atoms with van der Waals surface area (Å²) in [5.74, 6) is -0.881. The van der Waals surface area contributed by atoms with Crippen molar-refractivity contribution in [1.82, 2.24) is 5.01 Å². The first-order valence-electron chi connectivity index (χ1n) is 9.12. The van der Waals surface area contributed by atoms with Gasteiger partial charge in [-0.2, -0.15) is 10.1 Å². The number of fused-ring (bicyclic) bond motifs is 5. The molecule has 3 aliphatic rings. The Hall–Kier alpha value is -2.68. The summed E-state index contributed by atoms with van der Waals surface area (Å²) in [5, 5.41) is 5.13. The van der Waals surface area contributed by atoms with Crippen LogP contribution in [0.2, 0.25) is 0 Å². The van der Waals surface area contributed by atoms with Gasteiger partial charge in [-0.1, -0.05) is 28.1 Å². The van der Waals surface area contributed by atoms with Gasteiger partial charge in [0.25, 0.3) is 11.8 Å². The molecule has 0 spiro atoms. The molecule has 9 heteroatoms. The molecule has 2 bridgehead atoms. The Morgan fingerprint density at radius 2 is 1.86 bits per heavy atom. The monoisotopic (exact) mass is 462 g/mol. The highest BCUT2D eigenvalue weighted by molar-refractivity contribution is 9.10. The Morgan fingerprint density at radius 1 is 1.21 bits per heavy atom. The second-order valence-electron chi connectivity index (χ2n) is 7.12. The van der Waals surface area contributed by atoms with E-state index in [1.807, 2.05) is 12.2 Å². The van der Waals surface area contributed by atoms with Gasteiger partial charge in [0.15, 0.2) is 18.1 Å². The van der Waals surface area contributed by atoms with Crippen molar-refractivity contribution in [2.24, 2.45) is 28.8 Å². The quantitative estimate of drug-likeness (QED) is 0.278. The number of halogens is 1. The molecule has 152 valence electrons. The van der Waals surface area contributed by atoms with Crippen LogP contribution in [0.4, 0.5) is 0 Å². The zero-order chi connectivity index (χ0) is 20.7. The van der Waals surface area contributed by atoms with E-state index in [1.54, 1.807) is 12.1 Å². The fraction of sp³-hybridized carbons (Fsp3) is 0.400. The maximum absolute atomic E-state index is 12.8. The smallest absolute Gasteiger partial charge is 0.343 e. The van der Waals surface area contributed by atoms with Crippen LogP contribution in [0.1, 0.15) is 12.0 Å². The van der Waals surface area contributed by atoms with Gasteiger partial charge < -0.3 is 14.2 Å². The van der Waals surface area contributed by atoms with Gasteiger partial charge in [0, 0.05) is 10.0 Å². The first-order valence-corrected chi connectivity index (χ1v) is 9.91. The molecule has 0 radical (unpaired) electrons. The number of imide groups is 1. The number of ether oxygens (including phenoxy) is 3. The summed E-state index contributed by atoms with van der Waals surface area (Å²) in [7, 11) is 2.72. The number of hydrogen-bond acceptors (Lipinski definition) is 7. The van der Waals surface area contributed by atoms with Crippen LogP contribution < -0.4 is 9.47 Å². The fourth-order valence-electron chi connectivity index (χ4n) is 4.30. The second-order valence-corrected chi connectivity index (χ2v) is 8.04. The fourth-order valence-corrected chi connectivity index (χ4v) is 4.76. The number of amides is 2. The van der Waals surface area contributed by atoms with Gasteiger partial charge in [-0.3, -0.25) is 9.59 Å². The maximum atomic E-state index is 12.8. The Bertz CT molecular complexity index is 913. The van der Waals surface area contributed by atoms with Gasteiger partial charge in [0.05, 0.1) is 32.3 Å². The maximum Gasteiger partial charge on any atom is 0.343 e. The highest BCUT2D eigenvalue weighted by atomic mass is 79.9. The van der Waals surface area contributed by atoms with Crippen LogP contribution in [0.5, 0.6) is 11.5 Å². The van der Waals surface area contributed by atoms with E-state index in [0.29, 0.717) is 15.8 Å².